The molecule has 9 nitrogen and oxygen atoms in total. The van der Waals surface area contributed by atoms with Gasteiger partial charge in [0.2, 0.25) is 6.29 Å². The smallest absolute Gasteiger partial charge is 0.309 e. The summed E-state index contributed by atoms with van der Waals surface area (Å²) < 4.78 is 27.6. The van der Waals surface area contributed by atoms with E-state index in [-0.39, 0.29) is 108 Å². The molecule has 0 N–H and O–H groups in total. The van der Waals surface area contributed by atoms with Gasteiger partial charge < -0.3 is 23.7 Å². The maximum atomic E-state index is 13.1. The van der Waals surface area contributed by atoms with Gasteiger partial charge in [0.25, 0.3) is 0 Å². The summed E-state index contributed by atoms with van der Waals surface area (Å²) in [6.07, 6.45) is 11.6. The predicted octanol–water partition coefficient (Wildman–Crippen LogP) is 7.77. The Morgan fingerprint density at radius 2 is 1.50 bits per heavy atom. The standard InChI is InChI=1S/C28H38O6.C7H12O3.4CH4/c1-3-13(27(30)33-24-17-9-18-19(10-17)28(31)34-25(18)24)6-12(2)26(29)32-21-11-16-8-20(21)23-15-5-4-14(7-15)22(16)23;1-6(8)10-7-4-2-3-5-9-7;;;;/h12-25H,3-11H2,1-2H3;7H,2-5H2,1H3;4*1H4. The zero-order valence-corrected chi connectivity index (χ0v) is 26.5. The number of carbonyl (C=O) groups is 4. The quantitative estimate of drug-likeness (QED) is 0.144. The number of ether oxygens (including phenoxy) is 5. The topological polar surface area (TPSA) is 114 Å². The Bertz CT molecular complexity index is 1130. The van der Waals surface area contributed by atoms with Gasteiger partial charge in [-0.15, -0.1) is 0 Å². The van der Waals surface area contributed by atoms with Crippen molar-refractivity contribution in [3.63, 3.8) is 0 Å². The second kappa shape index (κ2) is 16.2. The van der Waals surface area contributed by atoms with Gasteiger partial charge in [-0.3, -0.25) is 19.2 Å². The van der Waals surface area contributed by atoms with Crippen LogP contribution in [0.4, 0.5) is 0 Å². The Balaban J connectivity index is 0.000000390. The van der Waals surface area contributed by atoms with Gasteiger partial charge in [-0.25, -0.2) is 0 Å². The maximum absolute atomic E-state index is 13.1. The van der Waals surface area contributed by atoms with Crippen molar-refractivity contribution in [1.29, 1.82) is 0 Å². The van der Waals surface area contributed by atoms with Crippen LogP contribution in [0.15, 0.2) is 0 Å². The average Bonchev–Trinajstić information content (AvgIpc) is 3.85. The molecule has 0 aromatic rings. The SMILES string of the molecule is C.C.C.C.CC(=O)OC1CCCCO1.CCC(CC(C)C(=O)OC1CC2CC1C1C3CCC(C3)C21)C(=O)OC1C2CC3C(=O)OC1C3C2. The first-order valence-electron chi connectivity index (χ1n) is 17.6. The maximum Gasteiger partial charge on any atom is 0.309 e. The molecular weight excluding hydrogens is 612 g/mol. The molecule has 15 atom stereocenters. The number of esters is 4. The Labute approximate surface area is 290 Å². The van der Waals surface area contributed by atoms with Crippen LogP contribution in [0.1, 0.15) is 128 Å². The van der Waals surface area contributed by atoms with Crippen molar-refractivity contribution in [2.75, 3.05) is 6.61 Å². The fourth-order valence-corrected chi connectivity index (χ4v) is 11.1. The van der Waals surface area contributed by atoms with E-state index in [1.165, 1.54) is 32.6 Å². The molecule has 6 aliphatic carbocycles. The van der Waals surface area contributed by atoms with Crippen molar-refractivity contribution in [2.45, 2.75) is 152 Å². The van der Waals surface area contributed by atoms with Crippen LogP contribution in [0.3, 0.4) is 0 Å². The highest BCUT2D eigenvalue weighted by molar-refractivity contribution is 5.78. The third-order valence-corrected chi connectivity index (χ3v) is 12.9. The molecule has 6 bridgehead atoms. The van der Waals surface area contributed by atoms with Crippen molar-refractivity contribution < 1.29 is 42.9 Å². The van der Waals surface area contributed by atoms with E-state index in [4.69, 9.17) is 23.7 Å². The fourth-order valence-electron chi connectivity index (χ4n) is 11.1. The predicted molar refractivity (Wildman–Crippen MR) is 183 cm³/mol. The highest BCUT2D eigenvalue weighted by Crippen LogP contribution is 2.67. The Hall–Kier alpha value is -2.16. The molecule has 0 radical (unpaired) electrons. The van der Waals surface area contributed by atoms with Gasteiger partial charge in [0.1, 0.15) is 18.3 Å². The zero-order chi connectivity index (χ0) is 30.7. The van der Waals surface area contributed by atoms with Crippen molar-refractivity contribution in [1.82, 2.24) is 0 Å². The van der Waals surface area contributed by atoms with Gasteiger partial charge in [-0.1, -0.05) is 43.6 Å². The second-order valence-electron chi connectivity index (χ2n) is 15.3. The molecule has 15 unspecified atom stereocenters. The number of carbonyl (C=O) groups excluding carboxylic acids is 4. The van der Waals surface area contributed by atoms with Crippen molar-refractivity contribution in [2.24, 2.45) is 65.1 Å². The normalized spacial score (nSPS) is 41.1. The number of fused-ring (bicyclic) bond motifs is 10. The molecule has 9 heteroatoms. The summed E-state index contributed by atoms with van der Waals surface area (Å²) in [5.74, 6) is 3.95. The van der Waals surface area contributed by atoms with Gasteiger partial charge >= 0.3 is 23.9 Å². The molecule has 8 fully saturated rings. The zero-order valence-electron chi connectivity index (χ0n) is 26.5. The highest BCUT2D eigenvalue weighted by atomic mass is 16.7. The van der Waals surface area contributed by atoms with Gasteiger partial charge in [-0.05, 0) is 106 Å². The number of hydrogen-bond donors (Lipinski definition) is 0. The van der Waals surface area contributed by atoms with Crippen LogP contribution in [-0.2, 0) is 42.9 Å². The summed E-state index contributed by atoms with van der Waals surface area (Å²) in [5.41, 5.74) is 0. The molecular formula is C39H66O9. The first kappa shape index (κ1) is 40.3. The summed E-state index contributed by atoms with van der Waals surface area (Å²) in [4.78, 5) is 48.5. The Kier molecular flexibility index (Phi) is 13.6. The van der Waals surface area contributed by atoms with E-state index in [0.29, 0.717) is 18.8 Å². The summed E-state index contributed by atoms with van der Waals surface area (Å²) in [7, 11) is 0. The molecule has 0 amide bonds. The average molecular weight is 679 g/mol. The lowest BCUT2D eigenvalue weighted by Gasteiger charge is -2.38. The van der Waals surface area contributed by atoms with Crippen molar-refractivity contribution >= 4 is 23.9 Å². The van der Waals surface area contributed by atoms with Gasteiger partial charge in [-0.2, -0.15) is 0 Å². The van der Waals surface area contributed by atoms with E-state index >= 15 is 0 Å². The molecule has 8 aliphatic rings. The lowest BCUT2D eigenvalue weighted by molar-refractivity contribution is -0.184. The Morgan fingerprint density at radius 3 is 2.17 bits per heavy atom. The van der Waals surface area contributed by atoms with Crippen LogP contribution in [0.5, 0.6) is 0 Å². The van der Waals surface area contributed by atoms with Crippen LogP contribution in [0.2, 0.25) is 0 Å². The molecule has 6 saturated carbocycles. The van der Waals surface area contributed by atoms with Gasteiger partial charge in [0, 0.05) is 25.2 Å². The largest absolute Gasteiger partial charge is 0.462 e. The minimum atomic E-state index is -0.329. The first-order valence-corrected chi connectivity index (χ1v) is 17.6. The third kappa shape index (κ3) is 7.32. The van der Waals surface area contributed by atoms with Crippen LogP contribution in [0.25, 0.3) is 0 Å². The highest BCUT2D eigenvalue weighted by Gasteiger charge is 2.64. The lowest BCUT2D eigenvalue weighted by atomic mass is 9.70. The first-order chi connectivity index (χ1) is 21.2. The molecule has 0 aromatic heterocycles. The van der Waals surface area contributed by atoms with Crippen LogP contribution in [0, 0.1) is 65.1 Å². The van der Waals surface area contributed by atoms with Crippen molar-refractivity contribution in [3.05, 3.63) is 0 Å². The van der Waals surface area contributed by atoms with Crippen LogP contribution < -0.4 is 0 Å². The van der Waals surface area contributed by atoms with E-state index in [9.17, 15) is 19.2 Å². The number of rotatable bonds is 8. The minimum Gasteiger partial charge on any atom is -0.462 e. The van der Waals surface area contributed by atoms with Crippen LogP contribution >= 0.6 is 0 Å². The molecule has 8 rings (SSSR count). The third-order valence-electron chi connectivity index (χ3n) is 12.9. The van der Waals surface area contributed by atoms with E-state index in [1.54, 1.807) is 0 Å². The van der Waals surface area contributed by atoms with E-state index in [1.807, 2.05) is 13.8 Å². The molecule has 2 heterocycles. The van der Waals surface area contributed by atoms with Crippen LogP contribution in [-0.4, -0.2) is 55.1 Å². The molecule has 2 saturated heterocycles. The van der Waals surface area contributed by atoms with E-state index < -0.39 is 0 Å². The minimum absolute atomic E-state index is 0. The summed E-state index contributed by atoms with van der Waals surface area (Å²) in [5, 5.41) is 0. The monoisotopic (exact) mass is 678 g/mol. The van der Waals surface area contributed by atoms with E-state index in [2.05, 4.69) is 0 Å². The van der Waals surface area contributed by atoms with E-state index in [0.717, 1.165) is 74.7 Å². The van der Waals surface area contributed by atoms with Gasteiger partial charge in [0.05, 0.1) is 24.4 Å². The Morgan fingerprint density at radius 1 is 0.792 bits per heavy atom. The fraction of sp³-hybridized carbons (Fsp3) is 0.897. The second-order valence-corrected chi connectivity index (χ2v) is 15.3. The summed E-state index contributed by atoms with van der Waals surface area (Å²) >= 11 is 0. The molecule has 48 heavy (non-hydrogen) atoms. The van der Waals surface area contributed by atoms with Gasteiger partial charge in [0.15, 0.2) is 0 Å². The summed E-state index contributed by atoms with van der Waals surface area (Å²) in [6, 6.07) is 0. The molecule has 0 aromatic carbocycles. The molecule has 0 spiro atoms. The molecule has 2 aliphatic heterocycles. The molecule has 276 valence electrons. The van der Waals surface area contributed by atoms with Crippen molar-refractivity contribution in [3.8, 4) is 0 Å². The summed E-state index contributed by atoms with van der Waals surface area (Å²) in [6.45, 7) is 5.99. The number of hydrogen-bond acceptors (Lipinski definition) is 9. The lowest BCUT2D eigenvalue weighted by Crippen LogP contribution is -2.39.